The molecule has 84 valence electrons. The number of aliphatic imine (C=N–C) groups is 1. The second-order valence-electron chi connectivity index (χ2n) is 4.23. The van der Waals surface area contributed by atoms with Gasteiger partial charge in [0, 0.05) is 11.3 Å². The zero-order valence-electron chi connectivity index (χ0n) is 9.72. The summed E-state index contributed by atoms with van der Waals surface area (Å²) in [6.07, 6.45) is 8.41. The number of hydrogen-bond acceptors (Lipinski definition) is 2. The molecule has 1 aliphatic heterocycles. The number of nitrogens with zero attached hydrogens (tertiary/aromatic N) is 1. The Morgan fingerprint density at radius 2 is 1.94 bits per heavy atom. The molecule has 0 saturated carbocycles. The summed E-state index contributed by atoms with van der Waals surface area (Å²) in [5.74, 6) is 0.955. The Morgan fingerprint density at radius 1 is 1.12 bits per heavy atom. The Balaban J connectivity index is 2.02. The molecule has 0 spiro atoms. The minimum Gasteiger partial charge on any atom is -0.359 e. The Hall–Kier alpha value is -2.09. The van der Waals surface area contributed by atoms with Gasteiger partial charge in [-0.2, -0.15) is 0 Å². The van der Waals surface area contributed by atoms with Gasteiger partial charge in [-0.05, 0) is 12.5 Å². The average molecular weight is 222 g/mol. The molecule has 2 heteroatoms. The summed E-state index contributed by atoms with van der Waals surface area (Å²) >= 11 is 0. The molecule has 0 radical (unpaired) electrons. The Labute approximate surface area is 101 Å². The van der Waals surface area contributed by atoms with E-state index in [0.29, 0.717) is 0 Å². The van der Waals surface area contributed by atoms with Gasteiger partial charge < -0.3 is 5.32 Å². The Kier molecular flexibility index (Phi) is 2.41. The molecule has 0 amide bonds. The lowest BCUT2D eigenvalue weighted by Gasteiger charge is -2.26. The van der Waals surface area contributed by atoms with Gasteiger partial charge in [0.25, 0.3) is 0 Å². The molecule has 1 aromatic carbocycles. The molecular formula is C15H14N2. The Bertz CT molecular complexity index is 548. The van der Waals surface area contributed by atoms with Gasteiger partial charge in [0.15, 0.2) is 0 Å². The molecule has 0 fully saturated rings. The van der Waals surface area contributed by atoms with E-state index in [1.807, 2.05) is 18.2 Å². The largest absolute Gasteiger partial charge is 0.359 e. The monoisotopic (exact) mass is 222 g/mol. The lowest BCUT2D eigenvalue weighted by molar-refractivity contribution is 0.806. The lowest BCUT2D eigenvalue weighted by Crippen LogP contribution is -2.38. The highest BCUT2D eigenvalue weighted by atomic mass is 15.0. The van der Waals surface area contributed by atoms with Crippen LogP contribution in [0.15, 0.2) is 70.9 Å². The molecular weight excluding hydrogens is 208 g/mol. The van der Waals surface area contributed by atoms with Gasteiger partial charge in [0.05, 0.1) is 6.04 Å². The maximum Gasteiger partial charge on any atom is 0.134 e. The topological polar surface area (TPSA) is 24.4 Å². The number of benzene rings is 1. The van der Waals surface area contributed by atoms with Gasteiger partial charge in [-0.15, -0.1) is 0 Å². The van der Waals surface area contributed by atoms with Crippen LogP contribution in [0.4, 0.5) is 0 Å². The minimum absolute atomic E-state index is 0.257. The third-order valence-electron chi connectivity index (χ3n) is 3.06. The van der Waals surface area contributed by atoms with Crippen LogP contribution in [0.2, 0.25) is 0 Å². The summed E-state index contributed by atoms with van der Waals surface area (Å²) in [4.78, 5) is 4.64. The second-order valence-corrected chi connectivity index (χ2v) is 4.23. The number of fused-ring (bicyclic) bond motifs is 1. The van der Waals surface area contributed by atoms with Gasteiger partial charge in [-0.3, -0.25) is 0 Å². The number of nitrogens with one attached hydrogen (secondary N) is 1. The SMILES string of the molecule is CC1=C2C=CC=CC2NC(c2ccccc2)=N1. The van der Waals surface area contributed by atoms with Gasteiger partial charge >= 0.3 is 0 Å². The third-order valence-corrected chi connectivity index (χ3v) is 3.06. The van der Waals surface area contributed by atoms with Gasteiger partial charge in [-0.25, -0.2) is 4.99 Å². The molecule has 1 unspecified atom stereocenters. The van der Waals surface area contributed by atoms with E-state index < -0.39 is 0 Å². The summed E-state index contributed by atoms with van der Waals surface area (Å²) < 4.78 is 0. The fraction of sp³-hybridized carbons (Fsp3) is 0.133. The fourth-order valence-electron chi connectivity index (χ4n) is 2.17. The third kappa shape index (κ3) is 1.82. The van der Waals surface area contributed by atoms with E-state index in [1.165, 1.54) is 5.57 Å². The molecule has 1 aromatic rings. The summed E-state index contributed by atoms with van der Waals surface area (Å²) in [5, 5.41) is 3.46. The maximum absolute atomic E-state index is 4.64. The minimum atomic E-state index is 0.257. The zero-order chi connectivity index (χ0) is 11.7. The predicted molar refractivity (Wildman–Crippen MR) is 70.9 cm³/mol. The predicted octanol–water partition coefficient (Wildman–Crippen LogP) is 2.81. The average Bonchev–Trinajstić information content (AvgIpc) is 2.40. The van der Waals surface area contributed by atoms with Crippen molar-refractivity contribution in [3.63, 3.8) is 0 Å². The van der Waals surface area contributed by atoms with E-state index in [4.69, 9.17) is 0 Å². The van der Waals surface area contributed by atoms with E-state index in [0.717, 1.165) is 17.1 Å². The van der Waals surface area contributed by atoms with Gasteiger partial charge in [-0.1, -0.05) is 54.6 Å². The highest BCUT2D eigenvalue weighted by Gasteiger charge is 2.20. The molecule has 0 bridgehead atoms. The van der Waals surface area contributed by atoms with Crippen molar-refractivity contribution in [1.82, 2.24) is 5.32 Å². The van der Waals surface area contributed by atoms with E-state index >= 15 is 0 Å². The van der Waals surface area contributed by atoms with Crippen LogP contribution >= 0.6 is 0 Å². The van der Waals surface area contributed by atoms with Crippen molar-refractivity contribution in [2.24, 2.45) is 4.99 Å². The van der Waals surface area contributed by atoms with Crippen molar-refractivity contribution >= 4 is 5.84 Å². The molecule has 1 heterocycles. The van der Waals surface area contributed by atoms with Crippen molar-refractivity contribution in [2.75, 3.05) is 0 Å². The quantitative estimate of drug-likeness (QED) is 0.776. The van der Waals surface area contributed by atoms with Gasteiger partial charge in [0.1, 0.15) is 5.84 Å². The first-order valence-electron chi connectivity index (χ1n) is 5.81. The normalized spacial score (nSPS) is 21.9. The van der Waals surface area contributed by atoms with Crippen LogP contribution in [-0.2, 0) is 0 Å². The zero-order valence-corrected chi connectivity index (χ0v) is 9.72. The molecule has 1 atom stereocenters. The molecule has 2 aliphatic rings. The summed E-state index contributed by atoms with van der Waals surface area (Å²) in [6, 6.07) is 10.5. The molecule has 2 nitrogen and oxygen atoms in total. The standard InChI is InChI=1S/C15H14N2/c1-11-13-9-5-6-10-14(13)17-15(16-11)12-7-3-2-4-8-12/h2-10,14H,1H3,(H,16,17). The fourth-order valence-corrected chi connectivity index (χ4v) is 2.17. The number of hydrogen-bond donors (Lipinski definition) is 1. The van der Waals surface area contributed by atoms with E-state index in [1.54, 1.807) is 0 Å². The molecule has 0 aromatic heterocycles. The van der Waals surface area contributed by atoms with Crippen LogP contribution in [0.25, 0.3) is 0 Å². The number of amidine groups is 1. The van der Waals surface area contributed by atoms with Crippen molar-refractivity contribution in [2.45, 2.75) is 13.0 Å². The molecule has 17 heavy (non-hydrogen) atoms. The molecule has 1 N–H and O–H groups in total. The van der Waals surface area contributed by atoms with Crippen LogP contribution in [0.1, 0.15) is 12.5 Å². The number of rotatable bonds is 1. The maximum atomic E-state index is 4.64. The van der Waals surface area contributed by atoms with Crippen LogP contribution in [-0.4, -0.2) is 11.9 Å². The van der Waals surface area contributed by atoms with Gasteiger partial charge in [0.2, 0.25) is 0 Å². The highest BCUT2D eigenvalue weighted by molar-refractivity contribution is 6.00. The van der Waals surface area contributed by atoms with E-state index in [-0.39, 0.29) is 6.04 Å². The van der Waals surface area contributed by atoms with Crippen molar-refractivity contribution < 1.29 is 0 Å². The first-order valence-corrected chi connectivity index (χ1v) is 5.81. The van der Waals surface area contributed by atoms with E-state index in [2.05, 4.69) is 53.7 Å². The summed E-state index contributed by atoms with van der Waals surface area (Å²) in [7, 11) is 0. The van der Waals surface area contributed by atoms with Crippen molar-refractivity contribution in [3.05, 3.63) is 71.5 Å². The van der Waals surface area contributed by atoms with Crippen molar-refractivity contribution in [3.8, 4) is 0 Å². The first-order chi connectivity index (χ1) is 8.34. The molecule has 0 saturated heterocycles. The molecule has 3 rings (SSSR count). The summed E-state index contributed by atoms with van der Waals surface area (Å²) in [6.45, 7) is 2.07. The van der Waals surface area contributed by atoms with Crippen LogP contribution < -0.4 is 5.32 Å². The highest BCUT2D eigenvalue weighted by Crippen LogP contribution is 2.22. The van der Waals surface area contributed by atoms with Crippen LogP contribution in [0, 0.1) is 0 Å². The van der Waals surface area contributed by atoms with Crippen LogP contribution in [0.5, 0.6) is 0 Å². The van der Waals surface area contributed by atoms with E-state index in [9.17, 15) is 0 Å². The smallest absolute Gasteiger partial charge is 0.134 e. The first kappa shape index (κ1) is 10.1. The summed E-state index contributed by atoms with van der Waals surface area (Å²) in [5.41, 5.74) is 3.48. The molecule has 1 aliphatic carbocycles. The number of allylic oxidation sites excluding steroid dienone is 3. The Morgan fingerprint density at radius 3 is 2.76 bits per heavy atom. The second kappa shape index (κ2) is 4.06. The van der Waals surface area contributed by atoms with Crippen molar-refractivity contribution in [1.29, 1.82) is 0 Å². The van der Waals surface area contributed by atoms with Crippen LogP contribution in [0.3, 0.4) is 0 Å². The lowest BCUT2D eigenvalue weighted by atomic mass is 9.98.